The third-order valence-electron chi connectivity index (χ3n) is 4.24. The molecule has 8 heteroatoms. The van der Waals surface area contributed by atoms with Gasteiger partial charge in [0.1, 0.15) is 5.75 Å². The van der Waals surface area contributed by atoms with Gasteiger partial charge >= 0.3 is 5.97 Å². The molecule has 0 saturated carbocycles. The lowest BCUT2D eigenvalue weighted by Crippen LogP contribution is -2.26. The van der Waals surface area contributed by atoms with Gasteiger partial charge in [0.25, 0.3) is 0 Å². The minimum Gasteiger partial charge on any atom is -0.497 e. The van der Waals surface area contributed by atoms with E-state index in [1.165, 1.54) is 18.2 Å². The molecule has 2 aromatic rings. The monoisotopic (exact) mass is 406 g/mol. The zero-order valence-electron chi connectivity index (χ0n) is 16.1. The van der Waals surface area contributed by atoms with E-state index in [2.05, 4.69) is 10.0 Å². The SMILES string of the molecule is CCCCNc1ccc(S(=O)(=O)NCCc2ccc(OC)cc2)cc1C(=O)O. The average molecular weight is 407 g/mol. The van der Waals surface area contributed by atoms with Crippen LogP contribution < -0.4 is 14.8 Å². The average Bonchev–Trinajstić information content (AvgIpc) is 2.68. The van der Waals surface area contributed by atoms with Crippen LogP contribution >= 0.6 is 0 Å². The quantitative estimate of drug-likeness (QED) is 0.495. The van der Waals surface area contributed by atoms with E-state index < -0.39 is 16.0 Å². The zero-order chi connectivity index (χ0) is 20.6. The van der Waals surface area contributed by atoms with Gasteiger partial charge in [-0.05, 0) is 48.7 Å². The van der Waals surface area contributed by atoms with Crippen molar-refractivity contribution in [2.75, 3.05) is 25.5 Å². The van der Waals surface area contributed by atoms with Crippen molar-refractivity contribution in [2.45, 2.75) is 31.1 Å². The van der Waals surface area contributed by atoms with Crippen LogP contribution in [0.3, 0.4) is 0 Å². The topological polar surface area (TPSA) is 105 Å². The summed E-state index contributed by atoms with van der Waals surface area (Å²) in [6, 6.07) is 11.5. The number of methoxy groups -OCH3 is 1. The molecule has 152 valence electrons. The lowest BCUT2D eigenvalue weighted by Gasteiger charge is -2.12. The summed E-state index contributed by atoms with van der Waals surface area (Å²) in [6.45, 7) is 2.86. The number of anilines is 1. The summed E-state index contributed by atoms with van der Waals surface area (Å²) < 4.78 is 32.7. The Kier molecular flexibility index (Phi) is 7.83. The smallest absolute Gasteiger partial charge is 0.337 e. The van der Waals surface area contributed by atoms with E-state index in [1.807, 2.05) is 31.2 Å². The van der Waals surface area contributed by atoms with Gasteiger partial charge in [0, 0.05) is 18.8 Å². The molecule has 0 aliphatic heterocycles. The van der Waals surface area contributed by atoms with Crippen molar-refractivity contribution < 1.29 is 23.1 Å². The van der Waals surface area contributed by atoms with Crippen molar-refractivity contribution in [1.82, 2.24) is 4.72 Å². The van der Waals surface area contributed by atoms with Crippen LogP contribution in [0.5, 0.6) is 5.75 Å². The van der Waals surface area contributed by atoms with Gasteiger partial charge in [0.05, 0.1) is 17.6 Å². The Morgan fingerprint density at radius 2 is 1.82 bits per heavy atom. The highest BCUT2D eigenvalue weighted by molar-refractivity contribution is 7.89. The standard InChI is InChI=1S/C20H26N2O5S/c1-3-4-12-21-19-10-9-17(14-18(19)20(23)24)28(25,26)22-13-11-15-5-7-16(27-2)8-6-15/h5-10,14,21-22H,3-4,11-13H2,1-2H3,(H,23,24). The number of benzene rings is 2. The predicted molar refractivity (Wildman–Crippen MR) is 109 cm³/mol. The van der Waals surface area contributed by atoms with Gasteiger partial charge in [-0.3, -0.25) is 0 Å². The molecule has 0 fully saturated rings. The molecule has 0 aliphatic rings. The third-order valence-corrected chi connectivity index (χ3v) is 5.70. The Hall–Kier alpha value is -2.58. The molecule has 0 saturated heterocycles. The molecular formula is C20H26N2O5S. The van der Waals surface area contributed by atoms with Crippen LogP contribution in [0.4, 0.5) is 5.69 Å². The van der Waals surface area contributed by atoms with Gasteiger partial charge < -0.3 is 15.2 Å². The third kappa shape index (κ3) is 5.97. The number of rotatable bonds is 11. The highest BCUT2D eigenvalue weighted by Crippen LogP contribution is 2.21. The highest BCUT2D eigenvalue weighted by Gasteiger charge is 2.18. The first-order valence-corrected chi connectivity index (χ1v) is 10.6. The second kappa shape index (κ2) is 10.1. The largest absolute Gasteiger partial charge is 0.497 e. The van der Waals surface area contributed by atoms with E-state index in [1.54, 1.807) is 7.11 Å². The molecule has 7 nitrogen and oxygen atoms in total. The van der Waals surface area contributed by atoms with Crippen LogP contribution in [0.1, 0.15) is 35.7 Å². The van der Waals surface area contributed by atoms with Crippen molar-refractivity contribution in [3.63, 3.8) is 0 Å². The molecule has 0 radical (unpaired) electrons. The first-order valence-electron chi connectivity index (χ1n) is 9.11. The molecule has 0 spiro atoms. The normalized spacial score (nSPS) is 11.2. The summed E-state index contributed by atoms with van der Waals surface area (Å²) in [4.78, 5) is 11.5. The zero-order valence-corrected chi connectivity index (χ0v) is 16.9. The number of aromatic carboxylic acids is 1. The first-order chi connectivity index (χ1) is 13.4. The molecule has 0 aromatic heterocycles. The number of ether oxygens (including phenoxy) is 1. The first kappa shape index (κ1) is 21.7. The number of sulfonamides is 1. The van der Waals surface area contributed by atoms with Crippen LogP contribution in [0.25, 0.3) is 0 Å². The van der Waals surface area contributed by atoms with Crippen molar-refractivity contribution in [1.29, 1.82) is 0 Å². The Labute approximate surface area is 165 Å². The fourth-order valence-corrected chi connectivity index (χ4v) is 3.68. The summed E-state index contributed by atoms with van der Waals surface area (Å²) in [5.41, 5.74) is 1.32. The molecule has 0 atom stereocenters. The number of unbranched alkanes of at least 4 members (excludes halogenated alkanes) is 1. The van der Waals surface area contributed by atoms with Gasteiger partial charge in [-0.25, -0.2) is 17.9 Å². The minimum atomic E-state index is -3.81. The summed E-state index contributed by atoms with van der Waals surface area (Å²) in [7, 11) is -2.22. The van der Waals surface area contributed by atoms with Crippen molar-refractivity contribution in [2.24, 2.45) is 0 Å². The van der Waals surface area contributed by atoms with E-state index in [0.717, 1.165) is 24.2 Å². The van der Waals surface area contributed by atoms with Gasteiger partial charge in [-0.1, -0.05) is 25.5 Å². The number of carboxylic acid groups (broad SMARTS) is 1. The summed E-state index contributed by atoms with van der Waals surface area (Å²) >= 11 is 0. The Bertz CT molecular complexity index is 895. The van der Waals surface area contributed by atoms with Gasteiger partial charge in [0.2, 0.25) is 10.0 Å². The van der Waals surface area contributed by atoms with E-state index >= 15 is 0 Å². The molecule has 28 heavy (non-hydrogen) atoms. The molecule has 0 bridgehead atoms. The van der Waals surface area contributed by atoms with Crippen molar-refractivity contribution in [3.05, 3.63) is 53.6 Å². The van der Waals surface area contributed by atoms with E-state index in [-0.39, 0.29) is 17.0 Å². The molecule has 0 heterocycles. The number of hydrogen-bond acceptors (Lipinski definition) is 5. The van der Waals surface area contributed by atoms with Crippen LogP contribution in [-0.2, 0) is 16.4 Å². The molecule has 0 aliphatic carbocycles. The maximum atomic E-state index is 12.5. The Balaban J connectivity index is 2.06. The fraction of sp³-hybridized carbons (Fsp3) is 0.350. The fourth-order valence-electron chi connectivity index (χ4n) is 2.63. The van der Waals surface area contributed by atoms with Crippen LogP contribution in [-0.4, -0.2) is 39.7 Å². The van der Waals surface area contributed by atoms with Crippen LogP contribution in [0.2, 0.25) is 0 Å². The van der Waals surface area contributed by atoms with Crippen LogP contribution in [0, 0.1) is 0 Å². The second-order valence-electron chi connectivity index (χ2n) is 6.29. The van der Waals surface area contributed by atoms with Gasteiger partial charge in [-0.15, -0.1) is 0 Å². The van der Waals surface area contributed by atoms with Gasteiger partial charge in [-0.2, -0.15) is 0 Å². The predicted octanol–water partition coefficient (Wildman–Crippen LogP) is 3.13. The van der Waals surface area contributed by atoms with Crippen LogP contribution in [0.15, 0.2) is 47.4 Å². The second-order valence-corrected chi connectivity index (χ2v) is 8.06. The molecule has 2 rings (SSSR count). The number of carbonyl (C=O) groups is 1. The minimum absolute atomic E-state index is 0.0610. The van der Waals surface area contributed by atoms with Crippen molar-refractivity contribution >= 4 is 21.7 Å². The number of carboxylic acids is 1. The molecule has 0 unspecified atom stereocenters. The van der Waals surface area contributed by atoms with E-state index in [0.29, 0.717) is 18.7 Å². The van der Waals surface area contributed by atoms with Gasteiger partial charge in [0.15, 0.2) is 0 Å². The highest BCUT2D eigenvalue weighted by atomic mass is 32.2. The molecular weight excluding hydrogens is 380 g/mol. The molecule has 0 amide bonds. The Morgan fingerprint density at radius 3 is 2.43 bits per heavy atom. The molecule has 3 N–H and O–H groups in total. The maximum absolute atomic E-state index is 12.5. The lowest BCUT2D eigenvalue weighted by atomic mass is 10.1. The molecule has 2 aromatic carbocycles. The maximum Gasteiger partial charge on any atom is 0.337 e. The van der Waals surface area contributed by atoms with Crippen molar-refractivity contribution in [3.8, 4) is 5.75 Å². The number of hydrogen-bond donors (Lipinski definition) is 3. The summed E-state index contributed by atoms with van der Waals surface area (Å²) in [5, 5.41) is 12.5. The lowest BCUT2D eigenvalue weighted by molar-refractivity contribution is 0.0697. The van der Waals surface area contributed by atoms with E-state index in [4.69, 9.17) is 4.74 Å². The van der Waals surface area contributed by atoms with E-state index in [9.17, 15) is 18.3 Å². The Morgan fingerprint density at radius 1 is 1.11 bits per heavy atom. The summed E-state index contributed by atoms with van der Waals surface area (Å²) in [6.07, 6.45) is 2.37. The summed E-state index contributed by atoms with van der Waals surface area (Å²) in [5.74, 6) is -0.438. The number of nitrogens with one attached hydrogen (secondary N) is 2.